The molecule has 0 bridgehead atoms. The number of aromatic nitrogens is 1. The van der Waals surface area contributed by atoms with E-state index >= 15 is 0 Å². The van der Waals surface area contributed by atoms with Gasteiger partial charge in [-0.25, -0.2) is 0 Å². The summed E-state index contributed by atoms with van der Waals surface area (Å²) in [5.74, 6) is 7.26. The number of hydrogen-bond donors (Lipinski definition) is 0. The number of aryl methyl sites for hydroxylation is 1. The molecule has 32 heavy (non-hydrogen) atoms. The molecule has 1 heterocycles. The summed E-state index contributed by atoms with van der Waals surface area (Å²) in [4.78, 5) is 4.80. The number of hydrogen-bond acceptors (Lipinski definition) is 2. The van der Waals surface area contributed by atoms with Crippen molar-refractivity contribution in [1.29, 1.82) is 0 Å². The van der Waals surface area contributed by atoms with E-state index in [1.54, 1.807) is 0 Å². The van der Waals surface area contributed by atoms with E-state index in [0.29, 0.717) is 11.3 Å². The lowest BCUT2D eigenvalue weighted by molar-refractivity contribution is -0.0769. The van der Waals surface area contributed by atoms with Crippen molar-refractivity contribution in [3.05, 3.63) is 28.5 Å². The van der Waals surface area contributed by atoms with Crippen LogP contribution >= 0.6 is 11.6 Å². The molecule has 0 aromatic carbocycles. The Labute approximate surface area is 201 Å². The predicted molar refractivity (Wildman–Crippen MR) is 133 cm³/mol. The van der Waals surface area contributed by atoms with Gasteiger partial charge in [0.25, 0.3) is 0 Å². The van der Waals surface area contributed by atoms with Gasteiger partial charge in [-0.1, -0.05) is 25.4 Å². The summed E-state index contributed by atoms with van der Waals surface area (Å²) < 4.78 is 5.52. The molecule has 4 fully saturated rings. The minimum Gasteiger partial charge on any atom is -0.384 e. The molecule has 3 heteroatoms. The van der Waals surface area contributed by atoms with Crippen LogP contribution in [0.15, 0.2) is 12.1 Å². The highest BCUT2D eigenvalue weighted by molar-refractivity contribution is 6.31. The fourth-order valence-corrected chi connectivity index (χ4v) is 9.68. The molecule has 0 spiro atoms. The van der Waals surface area contributed by atoms with Crippen LogP contribution in [0.5, 0.6) is 0 Å². The highest BCUT2D eigenvalue weighted by Crippen LogP contribution is 2.65. The van der Waals surface area contributed by atoms with Crippen molar-refractivity contribution in [2.75, 3.05) is 13.7 Å². The summed E-state index contributed by atoms with van der Waals surface area (Å²) in [6, 6.07) is 4.07. The first-order valence-corrected chi connectivity index (χ1v) is 13.9. The average Bonchev–Trinajstić information content (AvgIpc) is 3.13. The third kappa shape index (κ3) is 4.06. The SMILES string of the molecule is COCC1CCC2C(CCC3C2CCC2(C)C(C(C)Cc4nc(C)ccc4Cl)CCC32)C1. The summed E-state index contributed by atoms with van der Waals surface area (Å²) in [7, 11) is 1.88. The van der Waals surface area contributed by atoms with Crippen molar-refractivity contribution in [3.8, 4) is 0 Å². The van der Waals surface area contributed by atoms with E-state index in [1.807, 2.05) is 19.2 Å². The highest BCUT2D eigenvalue weighted by atomic mass is 35.5. The zero-order chi connectivity index (χ0) is 22.5. The van der Waals surface area contributed by atoms with Crippen LogP contribution < -0.4 is 0 Å². The molecule has 1 aromatic heterocycles. The first kappa shape index (κ1) is 23.2. The quantitative estimate of drug-likeness (QED) is 0.450. The van der Waals surface area contributed by atoms with Crippen LogP contribution in [0.25, 0.3) is 0 Å². The second kappa shape index (κ2) is 9.21. The second-order valence-corrected chi connectivity index (χ2v) is 12.8. The molecular formula is C29H44ClNO. The van der Waals surface area contributed by atoms with Gasteiger partial charge in [-0.2, -0.15) is 0 Å². The molecule has 0 saturated heterocycles. The molecule has 178 valence electrons. The Hall–Kier alpha value is -0.600. The minimum absolute atomic E-state index is 0.525. The number of methoxy groups -OCH3 is 1. The van der Waals surface area contributed by atoms with E-state index < -0.39 is 0 Å². The summed E-state index contributed by atoms with van der Waals surface area (Å²) in [5, 5.41) is 0.855. The second-order valence-electron chi connectivity index (χ2n) is 12.4. The zero-order valence-corrected chi connectivity index (χ0v) is 21.5. The van der Waals surface area contributed by atoms with Crippen LogP contribution in [0, 0.1) is 59.7 Å². The zero-order valence-electron chi connectivity index (χ0n) is 20.8. The normalized spacial score (nSPS) is 42.1. The summed E-state index contributed by atoms with van der Waals surface area (Å²) >= 11 is 6.53. The van der Waals surface area contributed by atoms with E-state index in [4.69, 9.17) is 21.3 Å². The van der Waals surface area contributed by atoms with Crippen LogP contribution in [-0.2, 0) is 11.2 Å². The van der Waals surface area contributed by atoms with Gasteiger partial charge in [0.15, 0.2) is 0 Å². The van der Waals surface area contributed by atoms with Crippen molar-refractivity contribution >= 4 is 11.6 Å². The Morgan fingerprint density at radius 3 is 2.69 bits per heavy atom. The number of pyridine rings is 1. The molecule has 0 N–H and O–H groups in total. The van der Waals surface area contributed by atoms with Crippen molar-refractivity contribution < 1.29 is 4.74 Å². The van der Waals surface area contributed by atoms with E-state index in [9.17, 15) is 0 Å². The standard InChI is InChI=1S/C29H44ClNO/c1-18(15-28-27(30)12-5-19(2)31-28)25-10-11-26-24-9-7-21-16-20(17-32-4)6-8-22(21)23(24)13-14-29(25,26)3/h5,12,18,20-26H,6-11,13-17H2,1-4H3. The van der Waals surface area contributed by atoms with Crippen molar-refractivity contribution in [2.45, 2.75) is 85.0 Å². The van der Waals surface area contributed by atoms with Gasteiger partial charge in [0, 0.05) is 19.4 Å². The third-order valence-electron chi connectivity index (χ3n) is 10.8. The number of rotatable bonds is 5. The van der Waals surface area contributed by atoms with Gasteiger partial charge >= 0.3 is 0 Å². The molecule has 5 rings (SSSR count). The molecule has 2 nitrogen and oxygen atoms in total. The lowest BCUT2D eigenvalue weighted by atomic mass is 9.48. The molecule has 4 aliphatic carbocycles. The molecule has 1 aromatic rings. The van der Waals surface area contributed by atoms with Crippen LogP contribution in [0.3, 0.4) is 0 Å². The largest absolute Gasteiger partial charge is 0.384 e. The van der Waals surface area contributed by atoms with Crippen molar-refractivity contribution in [1.82, 2.24) is 4.98 Å². The Balaban J connectivity index is 1.28. The van der Waals surface area contributed by atoms with Gasteiger partial charge in [0.1, 0.15) is 0 Å². The van der Waals surface area contributed by atoms with E-state index in [-0.39, 0.29) is 0 Å². The summed E-state index contributed by atoms with van der Waals surface area (Å²) in [6.07, 6.45) is 14.2. The van der Waals surface area contributed by atoms with Gasteiger partial charge in [-0.05, 0) is 136 Å². The first-order valence-electron chi connectivity index (χ1n) is 13.5. The fourth-order valence-electron chi connectivity index (χ4n) is 9.50. The molecule has 4 aliphatic rings. The number of halogens is 1. The lowest BCUT2D eigenvalue weighted by Crippen LogP contribution is -2.49. The topological polar surface area (TPSA) is 22.1 Å². The smallest absolute Gasteiger partial charge is 0.0621 e. The van der Waals surface area contributed by atoms with Crippen molar-refractivity contribution in [2.24, 2.45) is 52.8 Å². The Morgan fingerprint density at radius 2 is 1.88 bits per heavy atom. The number of nitrogens with zero attached hydrogens (tertiary/aromatic N) is 1. The Kier molecular flexibility index (Phi) is 6.67. The molecule has 4 saturated carbocycles. The average molecular weight is 458 g/mol. The maximum Gasteiger partial charge on any atom is 0.0621 e. The van der Waals surface area contributed by atoms with Gasteiger partial charge in [-0.15, -0.1) is 0 Å². The summed E-state index contributed by atoms with van der Waals surface area (Å²) in [5.41, 5.74) is 2.73. The lowest BCUT2D eigenvalue weighted by Gasteiger charge is -2.57. The van der Waals surface area contributed by atoms with Crippen LogP contribution in [0.2, 0.25) is 5.02 Å². The summed E-state index contributed by atoms with van der Waals surface area (Å²) in [6.45, 7) is 8.22. The van der Waals surface area contributed by atoms with Gasteiger partial charge in [-0.3, -0.25) is 4.98 Å². The van der Waals surface area contributed by atoms with E-state index in [0.717, 1.165) is 70.9 Å². The van der Waals surface area contributed by atoms with Gasteiger partial charge in [0.2, 0.25) is 0 Å². The third-order valence-corrected chi connectivity index (χ3v) is 11.1. The maximum absolute atomic E-state index is 6.53. The maximum atomic E-state index is 6.53. The molecule has 0 radical (unpaired) electrons. The van der Waals surface area contributed by atoms with E-state index in [1.165, 1.54) is 57.8 Å². The van der Waals surface area contributed by atoms with Crippen LogP contribution in [0.4, 0.5) is 0 Å². The minimum atomic E-state index is 0.525. The molecule has 9 unspecified atom stereocenters. The van der Waals surface area contributed by atoms with Crippen molar-refractivity contribution in [3.63, 3.8) is 0 Å². The highest BCUT2D eigenvalue weighted by Gasteiger charge is 2.57. The van der Waals surface area contributed by atoms with E-state index in [2.05, 4.69) is 20.8 Å². The predicted octanol–water partition coefficient (Wildman–Crippen LogP) is 7.75. The molecular weight excluding hydrogens is 414 g/mol. The molecule has 0 aliphatic heterocycles. The van der Waals surface area contributed by atoms with Gasteiger partial charge in [0.05, 0.1) is 10.7 Å². The Bertz CT molecular complexity index is 810. The number of ether oxygens (including phenoxy) is 1. The first-order chi connectivity index (χ1) is 15.4. The molecule has 9 atom stereocenters. The van der Waals surface area contributed by atoms with Crippen LogP contribution in [-0.4, -0.2) is 18.7 Å². The van der Waals surface area contributed by atoms with Gasteiger partial charge < -0.3 is 4.74 Å². The fraction of sp³-hybridized carbons (Fsp3) is 0.828. The Morgan fingerprint density at radius 1 is 1.06 bits per heavy atom. The molecule has 0 amide bonds. The monoisotopic (exact) mass is 457 g/mol. The van der Waals surface area contributed by atoms with Crippen LogP contribution in [0.1, 0.15) is 83.0 Å². The number of fused-ring (bicyclic) bond motifs is 5.